The third kappa shape index (κ3) is 5.11. The van der Waals surface area contributed by atoms with E-state index in [1.165, 1.54) is 17.1 Å². The fraction of sp³-hybridized carbons (Fsp3) is 0.231. The highest BCUT2D eigenvalue weighted by Crippen LogP contribution is 2.38. The third-order valence-electron chi connectivity index (χ3n) is 6.08. The van der Waals surface area contributed by atoms with Crippen molar-refractivity contribution >= 4 is 23.2 Å². The van der Waals surface area contributed by atoms with Crippen molar-refractivity contribution in [1.82, 2.24) is 39.2 Å². The number of halogens is 5. The third-order valence-corrected chi connectivity index (χ3v) is 6.08. The average molecular weight is 556 g/mol. The summed E-state index contributed by atoms with van der Waals surface area (Å²) in [6.07, 6.45) is 5.86. The SMILES string of the molecule is CCC(c1cnn(-c2ccc(F)cc2F)c1)n1cc(-c2cnc(C(F)(F)F)nc2)c2c(N=CN(C)C)ncnc21. The van der Waals surface area contributed by atoms with Gasteiger partial charge in [0.05, 0.1) is 24.0 Å². The van der Waals surface area contributed by atoms with E-state index in [0.29, 0.717) is 40.0 Å². The highest BCUT2D eigenvalue weighted by Gasteiger charge is 2.34. The lowest BCUT2D eigenvalue weighted by Gasteiger charge is -2.16. The fourth-order valence-electron chi connectivity index (χ4n) is 4.31. The van der Waals surface area contributed by atoms with E-state index in [9.17, 15) is 22.0 Å². The first-order valence-corrected chi connectivity index (χ1v) is 12.0. The number of fused-ring (bicyclic) bond motifs is 1. The molecule has 0 radical (unpaired) electrons. The first kappa shape index (κ1) is 26.8. The lowest BCUT2D eigenvalue weighted by molar-refractivity contribution is -0.144. The van der Waals surface area contributed by atoms with Crippen LogP contribution in [0.5, 0.6) is 0 Å². The second-order valence-corrected chi connectivity index (χ2v) is 9.09. The minimum atomic E-state index is -4.69. The molecule has 0 aliphatic carbocycles. The van der Waals surface area contributed by atoms with Crippen LogP contribution >= 0.6 is 0 Å². The van der Waals surface area contributed by atoms with Crippen molar-refractivity contribution < 1.29 is 22.0 Å². The minimum absolute atomic E-state index is 0.0742. The van der Waals surface area contributed by atoms with Gasteiger partial charge in [-0.15, -0.1) is 0 Å². The molecule has 0 amide bonds. The molecule has 4 aromatic heterocycles. The monoisotopic (exact) mass is 555 g/mol. The van der Waals surface area contributed by atoms with Crippen LogP contribution in [0.4, 0.5) is 27.8 Å². The van der Waals surface area contributed by atoms with Gasteiger partial charge in [-0.1, -0.05) is 6.92 Å². The maximum Gasteiger partial charge on any atom is 0.451 e. The fourth-order valence-corrected chi connectivity index (χ4v) is 4.31. The highest BCUT2D eigenvalue weighted by atomic mass is 19.4. The van der Waals surface area contributed by atoms with E-state index in [4.69, 9.17) is 0 Å². The van der Waals surface area contributed by atoms with Crippen LogP contribution in [-0.2, 0) is 6.18 Å². The summed E-state index contributed by atoms with van der Waals surface area (Å²) in [6, 6.07) is 2.84. The van der Waals surface area contributed by atoms with Crippen molar-refractivity contribution in [3.8, 4) is 16.8 Å². The van der Waals surface area contributed by atoms with E-state index < -0.39 is 23.6 Å². The Morgan fingerprint density at radius 1 is 1.02 bits per heavy atom. The molecule has 40 heavy (non-hydrogen) atoms. The Morgan fingerprint density at radius 3 is 2.42 bits per heavy atom. The molecule has 0 saturated carbocycles. The van der Waals surface area contributed by atoms with Crippen molar-refractivity contribution in [2.45, 2.75) is 25.6 Å². The Kier molecular flexibility index (Phi) is 7.00. The summed E-state index contributed by atoms with van der Waals surface area (Å²) in [5.41, 5.74) is 2.01. The Hall–Kier alpha value is -4.75. The number of hydrogen-bond acceptors (Lipinski definition) is 6. The zero-order valence-corrected chi connectivity index (χ0v) is 21.5. The van der Waals surface area contributed by atoms with Crippen LogP contribution < -0.4 is 0 Å². The first-order valence-electron chi connectivity index (χ1n) is 12.0. The molecule has 0 aliphatic rings. The van der Waals surface area contributed by atoms with Gasteiger partial charge in [-0.2, -0.15) is 18.3 Å². The molecule has 5 rings (SSSR count). The van der Waals surface area contributed by atoms with Crippen LogP contribution in [0.3, 0.4) is 0 Å². The highest BCUT2D eigenvalue weighted by molar-refractivity contribution is 6.01. The molecule has 14 heteroatoms. The van der Waals surface area contributed by atoms with Gasteiger partial charge in [0.1, 0.15) is 23.5 Å². The number of rotatable bonds is 7. The van der Waals surface area contributed by atoms with E-state index in [-0.39, 0.29) is 11.7 Å². The summed E-state index contributed by atoms with van der Waals surface area (Å²) in [4.78, 5) is 21.9. The summed E-state index contributed by atoms with van der Waals surface area (Å²) in [5, 5.41) is 4.75. The molecular weight excluding hydrogens is 533 g/mol. The number of hydrogen-bond donors (Lipinski definition) is 0. The summed E-state index contributed by atoms with van der Waals surface area (Å²) in [7, 11) is 3.57. The van der Waals surface area contributed by atoms with Crippen LogP contribution in [0.1, 0.15) is 30.8 Å². The quantitative estimate of drug-likeness (QED) is 0.148. The second kappa shape index (κ2) is 10.4. The molecular formula is C26H22F5N9. The van der Waals surface area contributed by atoms with Crippen LogP contribution in [-0.4, -0.2) is 59.6 Å². The lowest BCUT2D eigenvalue weighted by atomic mass is 10.1. The van der Waals surface area contributed by atoms with Gasteiger partial charge in [-0.25, -0.2) is 38.4 Å². The molecule has 9 nitrogen and oxygen atoms in total. The zero-order valence-electron chi connectivity index (χ0n) is 21.5. The molecule has 0 spiro atoms. The number of benzene rings is 1. The van der Waals surface area contributed by atoms with E-state index in [1.54, 1.807) is 43.9 Å². The zero-order chi connectivity index (χ0) is 28.6. The number of aromatic nitrogens is 7. The molecule has 0 bridgehead atoms. The number of nitrogens with zero attached hydrogens (tertiary/aromatic N) is 9. The van der Waals surface area contributed by atoms with Gasteiger partial charge in [0.2, 0.25) is 5.82 Å². The number of aliphatic imine (C=N–C) groups is 1. The van der Waals surface area contributed by atoms with Crippen molar-refractivity contribution in [1.29, 1.82) is 0 Å². The molecule has 0 fully saturated rings. The molecule has 0 N–H and O–H groups in total. The summed E-state index contributed by atoms with van der Waals surface area (Å²) in [5.74, 6) is -2.43. The van der Waals surface area contributed by atoms with Crippen LogP contribution in [0.2, 0.25) is 0 Å². The summed E-state index contributed by atoms with van der Waals surface area (Å²) < 4.78 is 70.3. The minimum Gasteiger partial charge on any atom is -0.369 e. The largest absolute Gasteiger partial charge is 0.451 e. The topological polar surface area (TPSA) is 89.9 Å². The van der Waals surface area contributed by atoms with Gasteiger partial charge >= 0.3 is 6.18 Å². The molecule has 1 atom stereocenters. The maximum absolute atomic E-state index is 14.4. The van der Waals surface area contributed by atoms with Crippen molar-refractivity contribution in [2.75, 3.05) is 14.1 Å². The van der Waals surface area contributed by atoms with Gasteiger partial charge < -0.3 is 9.47 Å². The molecule has 1 aromatic carbocycles. The maximum atomic E-state index is 14.4. The van der Waals surface area contributed by atoms with E-state index in [0.717, 1.165) is 24.5 Å². The summed E-state index contributed by atoms with van der Waals surface area (Å²) >= 11 is 0. The Labute approximate surface area is 224 Å². The molecule has 0 saturated heterocycles. The van der Waals surface area contributed by atoms with E-state index in [2.05, 4.69) is 30.0 Å². The molecule has 1 unspecified atom stereocenters. The van der Waals surface area contributed by atoms with Gasteiger partial charge in [0, 0.05) is 61.6 Å². The Bertz CT molecular complexity index is 1690. The smallest absolute Gasteiger partial charge is 0.369 e. The van der Waals surface area contributed by atoms with Gasteiger partial charge in [0.15, 0.2) is 11.6 Å². The summed E-state index contributed by atoms with van der Waals surface area (Å²) in [6.45, 7) is 1.93. The predicted molar refractivity (Wildman–Crippen MR) is 137 cm³/mol. The predicted octanol–water partition coefficient (Wildman–Crippen LogP) is 5.59. The standard InChI is InChI=1S/C26H22F5N9/c1-4-20(16-10-37-40(11-16)21-6-5-17(27)7-19(21)28)39-12-18(15-8-32-25(33-9-15)26(29,30)31)22-23(36-14-38(2)3)34-13-35-24(22)39/h5-14,20H,4H2,1-3H3. The van der Waals surface area contributed by atoms with Crippen molar-refractivity contribution in [3.63, 3.8) is 0 Å². The number of alkyl halides is 3. The van der Waals surface area contributed by atoms with Crippen LogP contribution in [0.25, 0.3) is 27.8 Å². The van der Waals surface area contributed by atoms with Gasteiger partial charge in [0.25, 0.3) is 0 Å². The second-order valence-electron chi connectivity index (χ2n) is 9.09. The average Bonchev–Trinajstić information content (AvgIpc) is 3.54. The van der Waals surface area contributed by atoms with Crippen molar-refractivity contribution in [2.24, 2.45) is 4.99 Å². The van der Waals surface area contributed by atoms with Gasteiger partial charge in [-0.05, 0) is 18.6 Å². The molecule has 5 aromatic rings. The van der Waals surface area contributed by atoms with E-state index in [1.807, 2.05) is 11.5 Å². The van der Waals surface area contributed by atoms with Crippen LogP contribution in [0, 0.1) is 11.6 Å². The normalized spacial score (nSPS) is 12.9. The molecule has 0 aliphatic heterocycles. The van der Waals surface area contributed by atoms with Gasteiger partial charge in [-0.3, -0.25) is 0 Å². The van der Waals surface area contributed by atoms with E-state index >= 15 is 0 Å². The first-order chi connectivity index (χ1) is 19.1. The lowest BCUT2D eigenvalue weighted by Crippen LogP contribution is -2.10. The van der Waals surface area contributed by atoms with Crippen molar-refractivity contribution in [3.05, 3.63) is 78.5 Å². The molecule has 206 valence electrons. The Balaban J connectivity index is 1.66. The van der Waals surface area contributed by atoms with Crippen LogP contribution in [0.15, 0.2) is 60.5 Å². The molecule has 4 heterocycles. The Morgan fingerprint density at radius 2 is 1.77 bits per heavy atom.